The third-order valence-electron chi connectivity index (χ3n) is 3.95. The van der Waals surface area contributed by atoms with Gasteiger partial charge < -0.3 is 24.8 Å². The fraction of sp³-hybridized carbons (Fsp3) is 0.364. The van der Waals surface area contributed by atoms with Crippen molar-refractivity contribution in [2.75, 3.05) is 31.7 Å². The summed E-state index contributed by atoms with van der Waals surface area (Å²) in [6.07, 6.45) is 0.169. The van der Waals surface area contributed by atoms with Gasteiger partial charge in [0.2, 0.25) is 5.91 Å². The van der Waals surface area contributed by atoms with E-state index in [4.69, 9.17) is 14.2 Å². The number of hydrogen-bond acceptors (Lipinski definition) is 5. The average Bonchev–Trinajstić information content (AvgIpc) is 2.71. The molecule has 0 aromatic heterocycles. The second-order valence-electron chi connectivity index (χ2n) is 6.25. The maximum atomic E-state index is 12.5. The summed E-state index contributed by atoms with van der Waals surface area (Å²) in [6.45, 7) is 7.18. The number of nitrogens with one attached hydrogen (secondary N) is 2. The molecule has 2 aromatic rings. The lowest BCUT2D eigenvalue weighted by atomic mass is 10.1. The van der Waals surface area contributed by atoms with Gasteiger partial charge in [-0.1, -0.05) is 15.9 Å². The summed E-state index contributed by atoms with van der Waals surface area (Å²) in [5.74, 6) is 1.45. The van der Waals surface area contributed by atoms with Gasteiger partial charge >= 0.3 is 0 Å². The lowest BCUT2D eigenvalue weighted by Gasteiger charge is -2.14. The Kier molecular flexibility index (Phi) is 9.47. The molecule has 0 aliphatic rings. The van der Waals surface area contributed by atoms with Crippen LogP contribution in [0.3, 0.4) is 0 Å². The molecule has 0 atom stereocenters. The van der Waals surface area contributed by atoms with Gasteiger partial charge in [0.05, 0.1) is 19.6 Å². The Bertz CT molecular complexity index is 855. The van der Waals surface area contributed by atoms with Crippen LogP contribution in [-0.2, 0) is 16.0 Å². The van der Waals surface area contributed by atoms with Crippen LogP contribution in [0.5, 0.6) is 17.2 Å². The molecule has 0 fully saturated rings. The molecular weight excluding hydrogens is 452 g/mol. The van der Waals surface area contributed by atoms with E-state index in [1.54, 1.807) is 24.3 Å². The van der Waals surface area contributed by atoms with E-state index < -0.39 is 0 Å². The number of carbonyl (C=O) groups is 2. The van der Waals surface area contributed by atoms with E-state index in [1.165, 1.54) is 0 Å². The highest BCUT2D eigenvalue weighted by atomic mass is 79.9. The molecule has 30 heavy (non-hydrogen) atoms. The van der Waals surface area contributed by atoms with E-state index >= 15 is 0 Å². The van der Waals surface area contributed by atoms with E-state index in [1.807, 2.05) is 32.9 Å². The maximum absolute atomic E-state index is 12.5. The Morgan fingerprint density at radius 1 is 0.900 bits per heavy atom. The Balaban J connectivity index is 1.98. The van der Waals surface area contributed by atoms with E-state index in [0.717, 1.165) is 10.0 Å². The number of halogens is 1. The van der Waals surface area contributed by atoms with Gasteiger partial charge in [0, 0.05) is 16.7 Å². The minimum Gasteiger partial charge on any atom is -0.490 e. The van der Waals surface area contributed by atoms with E-state index in [0.29, 0.717) is 42.7 Å². The van der Waals surface area contributed by atoms with Crippen molar-refractivity contribution in [2.45, 2.75) is 27.2 Å². The van der Waals surface area contributed by atoms with Crippen molar-refractivity contribution in [3.8, 4) is 17.2 Å². The maximum Gasteiger partial charge on any atom is 0.257 e. The Morgan fingerprint density at radius 3 is 2.13 bits per heavy atom. The van der Waals surface area contributed by atoms with Gasteiger partial charge in [-0.2, -0.15) is 0 Å². The van der Waals surface area contributed by atoms with Crippen LogP contribution in [0.1, 0.15) is 26.3 Å². The smallest absolute Gasteiger partial charge is 0.257 e. The van der Waals surface area contributed by atoms with Crippen LogP contribution >= 0.6 is 15.9 Å². The molecule has 7 nitrogen and oxygen atoms in total. The van der Waals surface area contributed by atoms with Crippen LogP contribution in [0, 0.1) is 0 Å². The van der Waals surface area contributed by atoms with E-state index in [9.17, 15) is 9.59 Å². The number of amides is 2. The third-order valence-corrected chi connectivity index (χ3v) is 4.68. The van der Waals surface area contributed by atoms with Gasteiger partial charge in [0.25, 0.3) is 5.91 Å². The lowest BCUT2D eigenvalue weighted by Crippen LogP contribution is -2.28. The van der Waals surface area contributed by atoms with Crippen LogP contribution in [0.25, 0.3) is 0 Å². The number of benzene rings is 2. The topological polar surface area (TPSA) is 85.9 Å². The monoisotopic (exact) mass is 478 g/mol. The van der Waals surface area contributed by atoms with Crippen molar-refractivity contribution in [2.24, 2.45) is 0 Å². The van der Waals surface area contributed by atoms with Gasteiger partial charge in [-0.05, 0) is 62.7 Å². The molecule has 0 unspecified atom stereocenters. The summed E-state index contributed by atoms with van der Waals surface area (Å²) in [5, 5.41) is 5.52. The molecule has 2 amide bonds. The molecule has 8 heteroatoms. The van der Waals surface area contributed by atoms with Crippen molar-refractivity contribution >= 4 is 33.4 Å². The van der Waals surface area contributed by atoms with Crippen LogP contribution in [0.2, 0.25) is 0 Å². The van der Waals surface area contributed by atoms with Gasteiger partial charge in [0.1, 0.15) is 5.75 Å². The summed E-state index contributed by atoms with van der Waals surface area (Å²) < 4.78 is 17.4. The Morgan fingerprint density at radius 2 is 1.53 bits per heavy atom. The Hall–Kier alpha value is -2.74. The molecule has 0 aliphatic carbocycles. The molecule has 2 N–H and O–H groups in total. The zero-order valence-corrected chi connectivity index (χ0v) is 19.0. The molecule has 0 radical (unpaired) electrons. The van der Waals surface area contributed by atoms with Crippen LogP contribution < -0.4 is 24.8 Å². The van der Waals surface area contributed by atoms with Gasteiger partial charge in [-0.3, -0.25) is 9.59 Å². The molecule has 162 valence electrons. The number of likely N-dealkylation sites (N-methyl/N-ethyl adjacent to an activating group) is 1. The van der Waals surface area contributed by atoms with Gasteiger partial charge in [-0.15, -0.1) is 0 Å². The second kappa shape index (κ2) is 12.1. The van der Waals surface area contributed by atoms with Crippen LogP contribution in [0.4, 0.5) is 5.69 Å². The molecule has 0 aliphatic heterocycles. The first-order valence-electron chi connectivity index (χ1n) is 9.84. The number of anilines is 1. The van der Waals surface area contributed by atoms with Gasteiger partial charge in [0.15, 0.2) is 18.1 Å². The first kappa shape index (κ1) is 23.5. The third kappa shape index (κ3) is 7.26. The second-order valence-corrected chi connectivity index (χ2v) is 7.10. The predicted molar refractivity (Wildman–Crippen MR) is 119 cm³/mol. The van der Waals surface area contributed by atoms with Crippen molar-refractivity contribution in [1.82, 2.24) is 5.32 Å². The summed E-state index contributed by atoms with van der Waals surface area (Å²) in [7, 11) is 0. The standard InChI is InChI=1S/C22H27BrN2O5/c1-4-24-22(27)14-30-17-9-7-16(8-10-17)25-21(26)12-15-11-19(28-5-2)20(29-6-3)13-18(15)23/h7-11,13H,4-6,12,14H2,1-3H3,(H,24,27)(H,25,26). The molecule has 0 spiro atoms. The summed E-state index contributed by atoms with van der Waals surface area (Å²) in [6, 6.07) is 10.5. The largest absolute Gasteiger partial charge is 0.490 e. The first-order chi connectivity index (χ1) is 14.5. The highest BCUT2D eigenvalue weighted by Gasteiger charge is 2.14. The molecule has 0 heterocycles. The van der Waals surface area contributed by atoms with Crippen molar-refractivity contribution in [3.63, 3.8) is 0 Å². The van der Waals surface area contributed by atoms with E-state index in [-0.39, 0.29) is 24.8 Å². The fourth-order valence-electron chi connectivity index (χ4n) is 2.66. The molecule has 2 rings (SSSR count). The first-order valence-corrected chi connectivity index (χ1v) is 10.6. The zero-order chi connectivity index (χ0) is 21.9. The van der Waals surface area contributed by atoms with Crippen molar-refractivity contribution in [3.05, 3.63) is 46.4 Å². The molecule has 0 bridgehead atoms. The number of hydrogen-bond donors (Lipinski definition) is 2. The average molecular weight is 479 g/mol. The van der Waals surface area contributed by atoms with Crippen LogP contribution in [0.15, 0.2) is 40.9 Å². The van der Waals surface area contributed by atoms with E-state index in [2.05, 4.69) is 26.6 Å². The van der Waals surface area contributed by atoms with Crippen molar-refractivity contribution in [1.29, 1.82) is 0 Å². The minimum atomic E-state index is -0.178. The lowest BCUT2D eigenvalue weighted by molar-refractivity contribution is -0.123. The molecule has 0 saturated heterocycles. The van der Waals surface area contributed by atoms with Gasteiger partial charge in [-0.25, -0.2) is 0 Å². The SMILES string of the molecule is CCNC(=O)COc1ccc(NC(=O)Cc2cc(OCC)c(OCC)cc2Br)cc1. The van der Waals surface area contributed by atoms with Crippen molar-refractivity contribution < 1.29 is 23.8 Å². The number of ether oxygens (including phenoxy) is 3. The number of carbonyl (C=O) groups excluding carboxylic acids is 2. The normalized spacial score (nSPS) is 10.3. The molecule has 0 saturated carbocycles. The number of rotatable bonds is 11. The fourth-order valence-corrected chi connectivity index (χ4v) is 3.12. The van der Waals surface area contributed by atoms with Crippen LogP contribution in [-0.4, -0.2) is 38.2 Å². The summed E-state index contributed by atoms with van der Waals surface area (Å²) in [4.78, 5) is 23.9. The predicted octanol–water partition coefficient (Wildman–Crippen LogP) is 3.94. The summed E-state index contributed by atoms with van der Waals surface area (Å²) in [5.41, 5.74) is 1.43. The zero-order valence-electron chi connectivity index (χ0n) is 17.4. The molecule has 2 aromatic carbocycles. The minimum absolute atomic E-state index is 0.0481. The Labute approximate surface area is 185 Å². The molecular formula is C22H27BrN2O5. The highest BCUT2D eigenvalue weighted by Crippen LogP contribution is 2.34. The quantitative estimate of drug-likeness (QED) is 0.510. The summed E-state index contributed by atoms with van der Waals surface area (Å²) >= 11 is 3.50. The highest BCUT2D eigenvalue weighted by molar-refractivity contribution is 9.10.